The van der Waals surface area contributed by atoms with E-state index in [0.717, 1.165) is 50.7 Å². The molecule has 0 aliphatic heterocycles. The lowest BCUT2D eigenvalue weighted by Gasteiger charge is -2.31. The summed E-state index contributed by atoms with van der Waals surface area (Å²) in [6.45, 7) is 0. The second kappa shape index (κ2) is 14.1. The van der Waals surface area contributed by atoms with Gasteiger partial charge in [0.2, 0.25) is 0 Å². The van der Waals surface area contributed by atoms with Crippen LogP contribution in [0.3, 0.4) is 0 Å². The van der Waals surface area contributed by atoms with Crippen LogP contribution in [0.2, 0.25) is 0 Å². The number of hydrogen-bond donors (Lipinski definition) is 0. The molecule has 1 heterocycles. The Kier molecular flexibility index (Phi) is 7.91. The number of benzene rings is 12. The van der Waals surface area contributed by atoms with E-state index in [1.807, 2.05) is 0 Å². The van der Waals surface area contributed by atoms with E-state index in [0.29, 0.717) is 0 Å². The number of hydrogen-bond acceptors (Lipinski definition) is 3. The van der Waals surface area contributed by atoms with Gasteiger partial charge in [-0.1, -0.05) is 164 Å². The minimum Gasteiger partial charge on any atom is -0.456 e. The molecule has 0 radical (unpaired) electrons. The molecule has 12 aromatic carbocycles. The SMILES string of the molecule is c1ccc(-c2cc(N(c3ccccc3)c3ccccc3)c3ccc4c(-c5ccccc5)cc(N(c5ccccc5)c5cc6ccc7cccc8oc(c5)c6c78)c5ccc2c3c45)cc1. The fourth-order valence-electron chi connectivity index (χ4n) is 10.2. The maximum absolute atomic E-state index is 6.68. The van der Waals surface area contributed by atoms with E-state index in [2.05, 4.69) is 240 Å². The zero-order valence-electron chi connectivity index (χ0n) is 34.2. The molecule has 0 aliphatic rings. The summed E-state index contributed by atoms with van der Waals surface area (Å²) in [5.74, 6) is 0. The number of nitrogens with zero attached hydrogens (tertiary/aromatic N) is 2. The molecule has 0 bridgehead atoms. The van der Waals surface area contributed by atoms with Crippen LogP contribution in [-0.2, 0) is 0 Å². The van der Waals surface area contributed by atoms with Gasteiger partial charge in [-0.05, 0) is 104 Å². The summed E-state index contributed by atoms with van der Waals surface area (Å²) in [6.07, 6.45) is 0. The molecule has 3 nitrogen and oxygen atoms in total. The minimum atomic E-state index is 0.885. The van der Waals surface area contributed by atoms with Crippen LogP contribution in [0.5, 0.6) is 0 Å². The molecule has 0 spiro atoms. The van der Waals surface area contributed by atoms with Crippen molar-refractivity contribution >= 4 is 99.2 Å². The summed E-state index contributed by atoms with van der Waals surface area (Å²) in [7, 11) is 0. The molecular formula is C60H38N2O. The molecule has 0 saturated carbocycles. The first-order valence-corrected chi connectivity index (χ1v) is 21.6. The van der Waals surface area contributed by atoms with E-state index in [9.17, 15) is 0 Å². The third-order valence-electron chi connectivity index (χ3n) is 12.9. The highest BCUT2D eigenvalue weighted by Crippen LogP contribution is 2.52. The van der Waals surface area contributed by atoms with E-state index >= 15 is 0 Å². The Morgan fingerprint density at radius 3 is 1.21 bits per heavy atom. The molecule has 0 aliphatic carbocycles. The molecule has 13 aromatic rings. The normalized spacial score (nSPS) is 11.8. The number of furan rings is 1. The Morgan fingerprint density at radius 2 is 0.698 bits per heavy atom. The van der Waals surface area contributed by atoms with Crippen LogP contribution in [0.4, 0.5) is 34.1 Å². The van der Waals surface area contributed by atoms with Gasteiger partial charge in [-0.3, -0.25) is 0 Å². The lowest BCUT2D eigenvalue weighted by Crippen LogP contribution is -2.12. The highest BCUT2D eigenvalue weighted by molar-refractivity contribution is 6.32. The lowest BCUT2D eigenvalue weighted by molar-refractivity contribution is 0.669. The Hall–Kier alpha value is -8.40. The maximum Gasteiger partial charge on any atom is 0.138 e. The monoisotopic (exact) mass is 802 g/mol. The van der Waals surface area contributed by atoms with Crippen molar-refractivity contribution in [2.24, 2.45) is 0 Å². The first-order valence-electron chi connectivity index (χ1n) is 21.6. The van der Waals surface area contributed by atoms with Gasteiger partial charge < -0.3 is 14.2 Å². The van der Waals surface area contributed by atoms with Crippen LogP contribution in [0.15, 0.2) is 235 Å². The number of para-hydroxylation sites is 3. The summed E-state index contributed by atoms with van der Waals surface area (Å²) in [6, 6.07) is 83.6. The highest BCUT2D eigenvalue weighted by atomic mass is 16.3. The predicted molar refractivity (Wildman–Crippen MR) is 266 cm³/mol. The third kappa shape index (κ3) is 5.53. The topological polar surface area (TPSA) is 19.6 Å². The zero-order valence-corrected chi connectivity index (χ0v) is 34.2. The summed E-state index contributed by atoms with van der Waals surface area (Å²) < 4.78 is 6.68. The van der Waals surface area contributed by atoms with E-state index in [1.165, 1.54) is 70.7 Å². The van der Waals surface area contributed by atoms with E-state index in [-0.39, 0.29) is 0 Å². The van der Waals surface area contributed by atoms with Crippen molar-refractivity contribution in [3.8, 4) is 22.3 Å². The molecular weight excluding hydrogens is 765 g/mol. The van der Waals surface area contributed by atoms with Gasteiger partial charge in [0.25, 0.3) is 0 Å². The van der Waals surface area contributed by atoms with Gasteiger partial charge in [-0.2, -0.15) is 0 Å². The standard InChI is InChI=1S/C60H38N2O/c1-6-17-39(18-7-1)51-37-53(61(43-22-10-3-11-23-43)44-24-12-4-13-25-44)49-33-31-48-52(40-19-8-2-9-20-40)38-54(50-34-32-47(51)59(49)60(48)50)62(45-26-14-5-15-27-45)46-35-42-30-29-41-21-16-28-55-57(41)58(42)56(36-46)63-55/h1-38H. The summed E-state index contributed by atoms with van der Waals surface area (Å²) >= 11 is 0. The molecule has 0 saturated heterocycles. The van der Waals surface area contributed by atoms with Gasteiger partial charge in [-0.25, -0.2) is 0 Å². The fraction of sp³-hybridized carbons (Fsp3) is 0. The Morgan fingerprint density at radius 1 is 0.270 bits per heavy atom. The molecule has 0 unspecified atom stereocenters. The molecule has 63 heavy (non-hydrogen) atoms. The van der Waals surface area contributed by atoms with E-state index in [4.69, 9.17) is 4.42 Å². The predicted octanol–water partition coefficient (Wildman–Crippen LogP) is 17.3. The van der Waals surface area contributed by atoms with Gasteiger partial charge in [0.15, 0.2) is 0 Å². The highest BCUT2D eigenvalue weighted by Gasteiger charge is 2.26. The lowest BCUT2D eigenvalue weighted by atomic mass is 9.85. The second-order valence-corrected chi connectivity index (χ2v) is 16.4. The van der Waals surface area contributed by atoms with Crippen LogP contribution in [0, 0.1) is 0 Å². The summed E-state index contributed by atoms with van der Waals surface area (Å²) in [5.41, 5.74) is 13.0. The van der Waals surface area contributed by atoms with Crippen LogP contribution in [-0.4, -0.2) is 0 Å². The largest absolute Gasteiger partial charge is 0.456 e. The van der Waals surface area contributed by atoms with Gasteiger partial charge >= 0.3 is 0 Å². The van der Waals surface area contributed by atoms with Crippen LogP contribution < -0.4 is 9.80 Å². The van der Waals surface area contributed by atoms with Crippen LogP contribution in [0.1, 0.15) is 0 Å². The molecule has 0 fully saturated rings. The Labute approximate surface area is 364 Å². The number of anilines is 6. The Bertz CT molecular complexity index is 3730. The molecule has 294 valence electrons. The third-order valence-corrected chi connectivity index (χ3v) is 12.9. The van der Waals surface area contributed by atoms with Crippen LogP contribution >= 0.6 is 0 Å². The van der Waals surface area contributed by atoms with Crippen molar-refractivity contribution in [2.75, 3.05) is 9.80 Å². The van der Waals surface area contributed by atoms with Crippen molar-refractivity contribution in [2.45, 2.75) is 0 Å². The average molecular weight is 803 g/mol. The Balaban J connectivity index is 1.18. The summed E-state index contributed by atoms with van der Waals surface area (Å²) in [4.78, 5) is 4.85. The number of rotatable bonds is 8. The van der Waals surface area contributed by atoms with E-state index in [1.54, 1.807) is 0 Å². The quantitative estimate of drug-likeness (QED) is 0.143. The van der Waals surface area contributed by atoms with Crippen molar-refractivity contribution in [3.05, 3.63) is 231 Å². The summed E-state index contributed by atoms with van der Waals surface area (Å²) in [5, 5.41) is 12.0. The van der Waals surface area contributed by atoms with Crippen molar-refractivity contribution in [3.63, 3.8) is 0 Å². The van der Waals surface area contributed by atoms with E-state index < -0.39 is 0 Å². The van der Waals surface area contributed by atoms with Crippen molar-refractivity contribution in [1.82, 2.24) is 0 Å². The maximum atomic E-state index is 6.68. The molecule has 0 atom stereocenters. The second-order valence-electron chi connectivity index (χ2n) is 16.4. The fourth-order valence-corrected chi connectivity index (χ4v) is 10.2. The van der Waals surface area contributed by atoms with Gasteiger partial charge in [0.1, 0.15) is 11.2 Å². The molecule has 13 rings (SSSR count). The molecule has 3 heteroatoms. The van der Waals surface area contributed by atoms with Gasteiger partial charge in [-0.15, -0.1) is 0 Å². The minimum absolute atomic E-state index is 0.885. The first-order chi connectivity index (χ1) is 31.3. The van der Waals surface area contributed by atoms with Crippen molar-refractivity contribution in [1.29, 1.82) is 0 Å². The molecule has 0 N–H and O–H groups in total. The van der Waals surface area contributed by atoms with Crippen molar-refractivity contribution < 1.29 is 4.42 Å². The first kappa shape index (κ1) is 35.4. The zero-order chi connectivity index (χ0) is 41.4. The van der Waals surface area contributed by atoms with Gasteiger partial charge in [0.05, 0.1) is 17.1 Å². The van der Waals surface area contributed by atoms with Crippen LogP contribution in [0.25, 0.3) is 87.3 Å². The molecule has 1 aromatic heterocycles. The smallest absolute Gasteiger partial charge is 0.138 e. The van der Waals surface area contributed by atoms with Gasteiger partial charge in [0, 0.05) is 55.4 Å². The average Bonchev–Trinajstić information content (AvgIpc) is 3.74. The molecule has 0 amide bonds.